The van der Waals surface area contributed by atoms with E-state index < -0.39 is 29.0 Å². The Kier molecular flexibility index (Phi) is 5.85. The average Bonchev–Trinajstić information content (AvgIpc) is 3.23. The van der Waals surface area contributed by atoms with Crippen molar-refractivity contribution in [2.24, 2.45) is 5.92 Å². The largest absolute Gasteiger partial charge is 0.478 e. The average molecular weight is 461 g/mol. The Balaban J connectivity index is 1.69. The van der Waals surface area contributed by atoms with E-state index in [0.29, 0.717) is 22.9 Å². The van der Waals surface area contributed by atoms with Crippen molar-refractivity contribution in [2.45, 2.75) is 42.9 Å². The SMILES string of the molecule is COC(=O)c1c(N2C(=O)C[C@@H](Sc3ncccc3C(=O)O)C2=O)sc2c1CC[C@@H](C)C2. The summed E-state index contributed by atoms with van der Waals surface area (Å²) in [5, 5.41) is 9.03. The highest BCUT2D eigenvalue weighted by Gasteiger charge is 2.44. The Labute approximate surface area is 186 Å². The van der Waals surface area contributed by atoms with Gasteiger partial charge in [0.05, 0.1) is 23.5 Å². The van der Waals surface area contributed by atoms with Crippen LogP contribution in [-0.2, 0) is 27.2 Å². The number of hydrogen-bond acceptors (Lipinski definition) is 8. The van der Waals surface area contributed by atoms with Gasteiger partial charge in [0.1, 0.15) is 10.0 Å². The second-order valence-electron chi connectivity index (χ2n) is 7.56. The van der Waals surface area contributed by atoms with Crippen LogP contribution in [0.25, 0.3) is 0 Å². The van der Waals surface area contributed by atoms with Crippen molar-refractivity contribution in [3.05, 3.63) is 39.9 Å². The number of imide groups is 1. The normalized spacial score (nSPS) is 20.6. The molecule has 1 aliphatic heterocycles. The van der Waals surface area contributed by atoms with Crippen molar-refractivity contribution >= 4 is 51.9 Å². The first-order valence-corrected chi connectivity index (χ1v) is 11.5. The molecule has 2 aromatic heterocycles. The zero-order valence-electron chi connectivity index (χ0n) is 16.9. The molecule has 8 nitrogen and oxygen atoms in total. The van der Waals surface area contributed by atoms with Gasteiger partial charge in [-0.2, -0.15) is 0 Å². The van der Waals surface area contributed by atoms with E-state index >= 15 is 0 Å². The van der Waals surface area contributed by atoms with Crippen LogP contribution in [0.5, 0.6) is 0 Å². The lowest BCUT2D eigenvalue weighted by molar-refractivity contribution is -0.121. The van der Waals surface area contributed by atoms with Gasteiger partial charge in [0.15, 0.2) is 0 Å². The fourth-order valence-corrected chi connectivity index (χ4v) is 6.52. The number of amides is 2. The molecule has 4 rings (SSSR count). The summed E-state index contributed by atoms with van der Waals surface area (Å²) in [5.74, 6) is -2.16. The van der Waals surface area contributed by atoms with Gasteiger partial charge >= 0.3 is 11.9 Å². The molecule has 0 unspecified atom stereocenters. The Morgan fingerprint density at radius 1 is 1.32 bits per heavy atom. The highest BCUT2D eigenvalue weighted by Crippen LogP contribution is 2.44. The minimum atomic E-state index is -1.16. The third kappa shape index (κ3) is 3.85. The number of nitrogens with zero attached hydrogens (tertiary/aromatic N) is 2. The Morgan fingerprint density at radius 2 is 2.10 bits per heavy atom. The van der Waals surface area contributed by atoms with Crippen molar-refractivity contribution < 1.29 is 29.0 Å². The van der Waals surface area contributed by atoms with Crippen LogP contribution in [0.15, 0.2) is 23.4 Å². The molecule has 1 N–H and O–H groups in total. The Hall–Kier alpha value is -2.72. The molecule has 0 saturated carbocycles. The van der Waals surface area contributed by atoms with Gasteiger partial charge in [-0.1, -0.05) is 18.7 Å². The molecule has 2 aliphatic rings. The first-order valence-electron chi connectivity index (χ1n) is 9.76. The number of carboxylic acid groups (broad SMARTS) is 1. The number of rotatable bonds is 5. The number of pyridine rings is 1. The quantitative estimate of drug-likeness (QED) is 0.535. The van der Waals surface area contributed by atoms with Crippen LogP contribution in [0.2, 0.25) is 0 Å². The molecular formula is C21H20N2O6S2. The van der Waals surface area contributed by atoms with E-state index in [4.69, 9.17) is 4.74 Å². The van der Waals surface area contributed by atoms with Crippen LogP contribution in [0, 0.1) is 5.92 Å². The van der Waals surface area contributed by atoms with Gasteiger partial charge in [0.25, 0.3) is 0 Å². The molecule has 2 aromatic rings. The summed E-state index contributed by atoms with van der Waals surface area (Å²) >= 11 is 2.25. The maximum Gasteiger partial charge on any atom is 0.341 e. The van der Waals surface area contributed by atoms with Gasteiger partial charge in [-0.3, -0.25) is 9.59 Å². The molecule has 0 spiro atoms. The standard InChI is InChI=1S/C21H20N2O6S2/c1-10-5-6-11-13(8-10)31-19(16(11)21(28)29-2)23-15(24)9-14(18(23)25)30-17-12(20(26)27)4-3-7-22-17/h3-4,7,10,14H,5-6,8-9H2,1-2H3,(H,26,27)/t10-,14-/m1/s1. The maximum atomic E-state index is 13.2. The molecule has 162 valence electrons. The number of anilines is 1. The molecule has 2 atom stereocenters. The van der Waals surface area contributed by atoms with Crippen LogP contribution in [-0.4, -0.2) is 46.2 Å². The number of aromatic nitrogens is 1. The van der Waals surface area contributed by atoms with Gasteiger partial charge in [-0.05, 0) is 42.9 Å². The van der Waals surface area contributed by atoms with Crippen molar-refractivity contribution in [1.29, 1.82) is 0 Å². The smallest absolute Gasteiger partial charge is 0.341 e. The van der Waals surface area contributed by atoms with Gasteiger partial charge in [0.2, 0.25) is 11.8 Å². The molecular weight excluding hydrogens is 440 g/mol. The summed E-state index contributed by atoms with van der Waals surface area (Å²) in [6.07, 6.45) is 3.75. The van der Waals surface area contributed by atoms with E-state index in [1.165, 1.54) is 36.8 Å². The molecule has 0 bridgehead atoms. The monoisotopic (exact) mass is 460 g/mol. The molecule has 1 fully saturated rings. The van der Waals surface area contributed by atoms with Crippen molar-refractivity contribution in [2.75, 3.05) is 12.0 Å². The third-order valence-electron chi connectivity index (χ3n) is 5.45. The molecule has 1 saturated heterocycles. The van der Waals surface area contributed by atoms with E-state index in [0.717, 1.165) is 39.9 Å². The number of thiophene rings is 1. The van der Waals surface area contributed by atoms with Crippen molar-refractivity contribution in [3.63, 3.8) is 0 Å². The lowest BCUT2D eigenvalue weighted by Crippen LogP contribution is -2.32. The number of aromatic carboxylic acids is 1. The number of carbonyl (C=O) groups is 4. The summed E-state index contributed by atoms with van der Waals surface area (Å²) in [5.41, 5.74) is 1.13. The zero-order valence-corrected chi connectivity index (χ0v) is 18.5. The second kappa shape index (κ2) is 8.43. The van der Waals surface area contributed by atoms with E-state index in [1.54, 1.807) is 0 Å². The summed E-state index contributed by atoms with van der Waals surface area (Å²) in [7, 11) is 1.28. The molecule has 2 amide bonds. The zero-order chi connectivity index (χ0) is 22.3. The summed E-state index contributed by atoms with van der Waals surface area (Å²) < 4.78 is 4.96. The predicted molar refractivity (Wildman–Crippen MR) is 115 cm³/mol. The number of ether oxygens (including phenoxy) is 1. The number of fused-ring (bicyclic) bond motifs is 1. The number of carbonyl (C=O) groups excluding carboxylic acids is 3. The second-order valence-corrected chi connectivity index (χ2v) is 9.84. The summed E-state index contributed by atoms with van der Waals surface area (Å²) in [6.45, 7) is 2.13. The van der Waals surface area contributed by atoms with Crippen LogP contribution >= 0.6 is 23.1 Å². The van der Waals surface area contributed by atoms with E-state index in [-0.39, 0.29) is 17.0 Å². The lowest BCUT2D eigenvalue weighted by atomic mass is 9.88. The van der Waals surface area contributed by atoms with Crippen LogP contribution in [0.1, 0.15) is 50.9 Å². The summed E-state index contributed by atoms with van der Waals surface area (Å²) in [6, 6.07) is 2.90. The highest BCUT2D eigenvalue weighted by atomic mass is 32.2. The fourth-order valence-electron chi connectivity index (χ4n) is 3.90. The van der Waals surface area contributed by atoms with Gasteiger partial charge in [0, 0.05) is 17.5 Å². The van der Waals surface area contributed by atoms with Crippen molar-refractivity contribution in [3.8, 4) is 0 Å². The molecule has 0 aromatic carbocycles. The van der Waals surface area contributed by atoms with Gasteiger partial charge < -0.3 is 9.84 Å². The summed E-state index contributed by atoms with van der Waals surface area (Å²) in [4.78, 5) is 56.2. The Morgan fingerprint density at radius 3 is 2.81 bits per heavy atom. The van der Waals surface area contributed by atoms with Crippen molar-refractivity contribution in [1.82, 2.24) is 4.98 Å². The fraction of sp³-hybridized carbons (Fsp3) is 0.381. The van der Waals surface area contributed by atoms with Crippen LogP contribution < -0.4 is 4.90 Å². The molecule has 3 heterocycles. The van der Waals surface area contributed by atoms with E-state index in [1.807, 2.05) is 0 Å². The number of hydrogen-bond donors (Lipinski definition) is 1. The van der Waals surface area contributed by atoms with Crippen LogP contribution in [0.3, 0.4) is 0 Å². The van der Waals surface area contributed by atoms with E-state index in [2.05, 4.69) is 11.9 Å². The van der Waals surface area contributed by atoms with Gasteiger partial charge in [-0.25, -0.2) is 19.5 Å². The lowest BCUT2D eigenvalue weighted by Gasteiger charge is -2.18. The number of thioether (sulfide) groups is 1. The maximum absolute atomic E-state index is 13.2. The topological polar surface area (TPSA) is 114 Å². The third-order valence-corrected chi connectivity index (χ3v) is 7.89. The number of methoxy groups -OCH3 is 1. The highest BCUT2D eigenvalue weighted by molar-refractivity contribution is 8.00. The first kappa shape index (κ1) is 21.5. The molecule has 1 aliphatic carbocycles. The first-order chi connectivity index (χ1) is 14.8. The number of carboxylic acids is 1. The van der Waals surface area contributed by atoms with Crippen LogP contribution in [0.4, 0.5) is 5.00 Å². The van der Waals surface area contributed by atoms with E-state index in [9.17, 15) is 24.3 Å². The predicted octanol–water partition coefficient (Wildman–Crippen LogP) is 3.18. The minimum Gasteiger partial charge on any atom is -0.478 e. The molecule has 0 radical (unpaired) electrons. The molecule has 10 heteroatoms. The molecule has 31 heavy (non-hydrogen) atoms. The van der Waals surface area contributed by atoms with Gasteiger partial charge in [-0.15, -0.1) is 11.3 Å². The number of esters is 1. The minimum absolute atomic E-state index is 0.0259. The Bertz CT molecular complexity index is 1100.